The number of aliphatic hydroxyl groups is 1. The van der Waals surface area contributed by atoms with Gasteiger partial charge in [0.15, 0.2) is 6.10 Å². The molecule has 0 amide bonds. The molecule has 0 aromatic heterocycles. The summed E-state index contributed by atoms with van der Waals surface area (Å²) in [6, 6.07) is 6.02. The predicted molar refractivity (Wildman–Crippen MR) is 67.0 cm³/mol. The van der Waals surface area contributed by atoms with Crippen LogP contribution in [-0.2, 0) is 9.53 Å². The van der Waals surface area contributed by atoms with Crippen molar-refractivity contribution in [3.63, 3.8) is 0 Å². The molecular weight excluding hydrogens is 216 g/mol. The Morgan fingerprint density at radius 1 is 1.41 bits per heavy atom. The highest BCUT2D eigenvalue weighted by Gasteiger charge is 2.25. The van der Waals surface area contributed by atoms with Crippen molar-refractivity contribution in [1.29, 1.82) is 0 Å². The molecule has 1 aromatic carbocycles. The van der Waals surface area contributed by atoms with E-state index in [2.05, 4.69) is 0 Å². The number of carbonyl (C=O) groups excluding carboxylic acids is 1. The number of carbonyl (C=O) groups is 1. The van der Waals surface area contributed by atoms with Gasteiger partial charge >= 0.3 is 5.97 Å². The Morgan fingerprint density at radius 2 is 2.06 bits per heavy atom. The zero-order valence-electron chi connectivity index (χ0n) is 10.9. The minimum Gasteiger partial charge on any atom is -0.464 e. The van der Waals surface area contributed by atoms with Crippen LogP contribution in [0.5, 0.6) is 0 Å². The highest BCUT2D eigenvalue weighted by molar-refractivity contribution is 5.75. The highest BCUT2D eigenvalue weighted by atomic mass is 16.5. The van der Waals surface area contributed by atoms with Crippen molar-refractivity contribution in [3.05, 3.63) is 34.9 Å². The number of aryl methyl sites for hydroxylation is 2. The van der Waals surface area contributed by atoms with Crippen molar-refractivity contribution in [1.82, 2.24) is 0 Å². The molecule has 0 bridgehead atoms. The molecule has 3 nitrogen and oxygen atoms in total. The van der Waals surface area contributed by atoms with Crippen molar-refractivity contribution >= 4 is 5.97 Å². The van der Waals surface area contributed by atoms with E-state index in [1.54, 1.807) is 6.92 Å². The van der Waals surface area contributed by atoms with E-state index < -0.39 is 12.1 Å². The lowest BCUT2D eigenvalue weighted by Gasteiger charge is -2.20. The van der Waals surface area contributed by atoms with Crippen LogP contribution < -0.4 is 0 Å². The van der Waals surface area contributed by atoms with E-state index in [-0.39, 0.29) is 12.5 Å². The van der Waals surface area contributed by atoms with E-state index in [1.807, 2.05) is 39.0 Å². The third kappa shape index (κ3) is 3.30. The van der Waals surface area contributed by atoms with Crippen LogP contribution in [0.2, 0.25) is 0 Å². The summed E-state index contributed by atoms with van der Waals surface area (Å²) in [5, 5.41) is 9.91. The summed E-state index contributed by atoms with van der Waals surface area (Å²) in [6.07, 6.45) is -1.10. The Morgan fingerprint density at radius 3 is 2.65 bits per heavy atom. The maximum Gasteiger partial charge on any atom is 0.335 e. The molecule has 0 saturated carbocycles. The molecule has 2 atom stereocenters. The third-order valence-corrected chi connectivity index (χ3v) is 2.93. The predicted octanol–water partition coefficient (Wildman–Crippen LogP) is 2.33. The van der Waals surface area contributed by atoms with Gasteiger partial charge in [-0.15, -0.1) is 0 Å². The van der Waals surface area contributed by atoms with Gasteiger partial charge in [0.2, 0.25) is 0 Å². The molecular formula is C14H20O3. The molecule has 3 heteroatoms. The van der Waals surface area contributed by atoms with E-state index in [0.29, 0.717) is 0 Å². The first-order chi connectivity index (χ1) is 7.97. The molecule has 0 aliphatic carbocycles. The molecule has 0 aliphatic rings. The Bertz CT molecular complexity index is 398. The smallest absolute Gasteiger partial charge is 0.335 e. The van der Waals surface area contributed by atoms with Gasteiger partial charge in [0, 0.05) is 5.92 Å². The van der Waals surface area contributed by atoms with Crippen molar-refractivity contribution in [2.24, 2.45) is 0 Å². The van der Waals surface area contributed by atoms with Gasteiger partial charge in [0.05, 0.1) is 6.61 Å². The van der Waals surface area contributed by atoms with E-state index in [1.165, 1.54) is 0 Å². The quantitative estimate of drug-likeness (QED) is 0.816. The van der Waals surface area contributed by atoms with Gasteiger partial charge in [-0.1, -0.05) is 30.7 Å². The number of rotatable bonds is 4. The minimum absolute atomic E-state index is 0.256. The monoisotopic (exact) mass is 236 g/mol. The lowest BCUT2D eigenvalue weighted by molar-refractivity contribution is -0.154. The molecule has 17 heavy (non-hydrogen) atoms. The van der Waals surface area contributed by atoms with E-state index in [4.69, 9.17) is 4.74 Å². The number of aliphatic hydroxyl groups excluding tert-OH is 1. The minimum atomic E-state index is -1.10. The first kappa shape index (κ1) is 13.7. The van der Waals surface area contributed by atoms with Crippen LogP contribution in [0.1, 0.15) is 36.5 Å². The Kier molecular flexibility index (Phi) is 4.70. The average Bonchev–Trinajstić information content (AvgIpc) is 2.30. The fourth-order valence-electron chi connectivity index (χ4n) is 1.85. The summed E-state index contributed by atoms with van der Waals surface area (Å²) in [6.45, 7) is 7.82. The van der Waals surface area contributed by atoms with Gasteiger partial charge < -0.3 is 9.84 Å². The molecule has 94 valence electrons. The zero-order chi connectivity index (χ0) is 13.0. The van der Waals surface area contributed by atoms with Gasteiger partial charge in [-0.2, -0.15) is 0 Å². The summed E-state index contributed by atoms with van der Waals surface area (Å²) < 4.78 is 4.83. The largest absolute Gasteiger partial charge is 0.464 e. The molecule has 2 unspecified atom stereocenters. The average molecular weight is 236 g/mol. The second-order valence-corrected chi connectivity index (χ2v) is 4.35. The van der Waals surface area contributed by atoms with Crippen LogP contribution >= 0.6 is 0 Å². The first-order valence-electron chi connectivity index (χ1n) is 5.89. The maximum atomic E-state index is 11.5. The van der Waals surface area contributed by atoms with Gasteiger partial charge in [-0.3, -0.25) is 0 Å². The van der Waals surface area contributed by atoms with Gasteiger partial charge in [-0.25, -0.2) is 4.79 Å². The number of hydrogen-bond acceptors (Lipinski definition) is 3. The normalized spacial score (nSPS) is 14.2. The van der Waals surface area contributed by atoms with Crippen LogP contribution in [0, 0.1) is 13.8 Å². The second kappa shape index (κ2) is 5.82. The number of benzene rings is 1. The standard InChI is InChI=1S/C14H20O3/c1-5-17-14(16)13(15)11(4)12-8-9(2)6-7-10(12)3/h6-8,11,13,15H,5H2,1-4H3. The lowest BCUT2D eigenvalue weighted by Crippen LogP contribution is -2.28. The lowest BCUT2D eigenvalue weighted by atomic mass is 9.90. The van der Waals surface area contributed by atoms with Gasteiger partial charge in [-0.05, 0) is 31.9 Å². The maximum absolute atomic E-state index is 11.5. The van der Waals surface area contributed by atoms with Crippen molar-refractivity contribution in [2.45, 2.75) is 39.7 Å². The van der Waals surface area contributed by atoms with Gasteiger partial charge in [0.1, 0.15) is 0 Å². The SMILES string of the molecule is CCOC(=O)C(O)C(C)c1cc(C)ccc1C. The Balaban J connectivity index is 2.91. The fraction of sp³-hybridized carbons (Fsp3) is 0.500. The summed E-state index contributed by atoms with van der Waals surface area (Å²) in [5.41, 5.74) is 3.19. The summed E-state index contributed by atoms with van der Waals surface area (Å²) in [4.78, 5) is 11.5. The summed E-state index contributed by atoms with van der Waals surface area (Å²) in [5.74, 6) is -0.810. The van der Waals surface area contributed by atoms with E-state index in [0.717, 1.165) is 16.7 Å². The fourth-order valence-corrected chi connectivity index (χ4v) is 1.85. The third-order valence-electron chi connectivity index (χ3n) is 2.93. The zero-order valence-corrected chi connectivity index (χ0v) is 10.9. The molecule has 1 rings (SSSR count). The van der Waals surface area contributed by atoms with Gasteiger partial charge in [0.25, 0.3) is 0 Å². The van der Waals surface area contributed by atoms with Crippen LogP contribution in [0.25, 0.3) is 0 Å². The molecule has 0 saturated heterocycles. The highest BCUT2D eigenvalue weighted by Crippen LogP contribution is 2.24. The van der Waals surface area contributed by atoms with Crippen molar-refractivity contribution in [3.8, 4) is 0 Å². The van der Waals surface area contributed by atoms with E-state index in [9.17, 15) is 9.90 Å². The summed E-state index contributed by atoms with van der Waals surface area (Å²) in [7, 11) is 0. The summed E-state index contributed by atoms with van der Waals surface area (Å²) >= 11 is 0. The molecule has 0 spiro atoms. The van der Waals surface area contributed by atoms with Crippen molar-refractivity contribution < 1.29 is 14.6 Å². The molecule has 0 fully saturated rings. The second-order valence-electron chi connectivity index (χ2n) is 4.35. The van der Waals surface area contributed by atoms with Crippen LogP contribution in [0.3, 0.4) is 0 Å². The number of hydrogen-bond donors (Lipinski definition) is 1. The molecule has 1 aromatic rings. The molecule has 1 N–H and O–H groups in total. The van der Waals surface area contributed by atoms with Crippen LogP contribution in [0.4, 0.5) is 0 Å². The number of ether oxygens (including phenoxy) is 1. The Hall–Kier alpha value is -1.35. The molecule has 0 radical (unpaired) electrons. The molecule has 0 heterocycles. The van der Waals surface area contributed by atoms with Crippen LogP contribution in [-0.4, -0.2) is 23.8 Å². The van der Waals surface area contributed by atoms with Crippen LogP contribution in [0.15, 0.2) is 18.2 Å². The van der Waals surface area contributed by atoms with Crippen molar-refractivity contribution in [2.75, 3.05) is 6.61 Å². The Labute approximate surface area is 102 Å². The molecule has 0 aliphatic heterocycles. The number of esters is 1. The first-order valence-corrected chi connectivity index (χ1v) is 5.89. The topological polar surface area (TPSA) is 46.5 Å². The van der Waals surface area contributed by atoms with E-state index >= 15 is 0 Å².